The SMILES string of the molecule is Nc1nc(N)c(N)c(SCC(=O)C(=O)O)n1. The highest BCUT2D eigenvalue weighted by atomic mass is 32.2. The van der Waals surface area contributed by atoms with Crippen LogP contribution in [0.15, 0.2) is 5.03 Å². The van der Waals surface area contributed by atoms with Crippen LogP contribution in [0, 0.1) is 0 Å². The number of carboxylic acid groups (broad SMARTS) is 1. The van der Waals surface area contributed by atoms with Crippen molar-refractivity contribution in [1.82, 2.24) is 9.97 Å². The normalized spacial score (nSPS) is 10.0. The van der Waals surface area contributed by atoms with Crippen LogP contribution in [0.4, 0.5) is 17.5 Å². The van der Waals surface area contributed by atoms with E-state index >= 15 is 0 Å². The number of carbonyl (C=O) groups is 2. The van der Waals surface area contributed by atoms with Crippen molar-refractivity contribution < 1.29 is 14.7 Å². The summed E-state index contributed by atoms with van der Waals surface area (Å²) >= 11 is 0.845. The van der Waals surface area contributed by atoms with Gasteiger partial charge >= 0.3 is 5.97 Å². The minimum atomic E-state index is -1.51. The molecule has 16 heavy (non-hydrogen) atoms. The summed E-state index contributed by atoms with van der Waals surface area (Å²) in [4.78, 5) is 28.4. The standard InChI is InChI=1S/C7H9N5O3S/c8-3-4(9)11-7(10)12-5(3)16-1-2(13)6(14)15/h1,8H2,(H,14,15)(H4,9,10,11,12). The van der Waals surface area contributed by atoms with Crippen LogP contribution in [0.25, 0.3) is 0 Å². The lowest BCUT2D eigenvalue weighted by molar-refractivity contribution is -0.147. The second-order valence-corrected chi connectivity index (χ2v) is 3.67. The van der Waals surface area contributed by atoms with Crippen LogP contribution in [0.2, 0.25) is 0 Å². The molecule has 0 bridgehead atoms. The molecule has 86 valence electrons. The number of nitrogens with zero attached hydrogens (tertiary/aromatic N) is 2. The lowest BCUT2D eigenvalue weighted by Crippen LogP contribution is -2.15. The maximum absolute atomic E-state index is 10.8. The number of nitrogen functional groups attached to an aromatic ring is 3. The van der Waals surface area contributed by atoms with E-state index in [9.17, 15) is 9.59 Å². The Hall–Kier alpha value is -2.03. The van der Waals surface area contributed by atoms with Gasteiger partial charge in [0, 0.05) is 0 Å². The minimum absolute atomic E-state index is 0.00206. The molecule has 0 aliphatic heterocycles. The largest absolute Gasteiger partial charge is 0.475 e. The Kier molecular flexibility index (Phi) is 3.51. The summed E-state index contributed by atoms with van der Waals surface area (Å²) in [6.07, 6.45) is 0. The highest BCUT2D eigenvalue weighted by Gasteiger charge is 2.15. The zero-order valence-corrected chi connectivity index (χ0v) is 8.82. The quantitative estimate of drug-likeness (QED) is 0.294. The summed E-state index contributed by atoms with van der Waals surface area (Å²) in [6, 6.07) is 0. The van der Waals surface area contributed by atoms with E-state index in [2.05, 4.69) is 9.97 Å². The number of carbonyl (C=O) groups excluding carboxylic acids is 1. The van der Waals surface area contributed by atoms with Gasteiger partial charge in [-0.25, -0.2) is 9.78 Å². The number of Topliss-reactive ketones (excluding diaryl/α,β-unsaturated/α-hetero) is 1. The molecular weight excluding hydrogens is 234 g/mol. The minimum Gasteiger partial charge on any atom is -0.475 e. The van der Waals surface area contributed by atoms with Crippen LogP contribution in [-0.4, -0.2) is 32.6 Å². The summed E-state index contributed by atoms with van der Waals surface area (Å²) in [5.74, 6) is -2.86. The molecule has 0 spiro atoms. The second kappa shape index (κ2) is 4.66. The van der Waals surface area contributed by atoms with Gasteiger partial charge in [-0.15, -0.1) is 0 Å². The number of ketones is 1. The van der Waals surface area contributed by atoms with Crippen molar-refractivity contribution in [2.24, 2.45) is 0 Å². The number of nitrogens with two attached hydrogens (primary N) is 3. The summed E-state index contributed by atoms with van der Waals surface area (Å²) in [5, 5.41) is 8.56. The molecule has 0 aliphatic rings. The molecule has 0 saturated heterocycles. The fourth-order valence-corrected chi connectivity index (χ4v) is 1.60. The number of anilines is 3. The van der Waals surface area contributed by atoms with Crippen molar-refractivity contribution in [3.05, 3.63) is 0 Å². The Labute approximate surface area is 94.2 Å². The van der Waals surface area contributed by atoms with Crippen LogP contribution in [-0.2, 0) is 9.59 Å². The predicted molar refractivity (Wildman–Crippen MR) is 58.6 cm³/mol. The molecule has 0 amide bonds. The summed E-state index contributed by atoms with van der Waals surface area (Å²) in [6.45, 7) is 0. The molecule has 1 aromatic heterocycles. The average Bonchev–Trinajstić information content (AvgIpc) is 2.20. The van der Waals surface area contributed by atoms with Gasteiger partial charge in [0.1, 0.15) is 10.7 Å². The first-order chi connectivity index (χ1) is 7.41. The maximum atomic E-state index is 10.8. The summed E-state index contributed by atoms with van der Waals surface area (Å²) < 4.78 is 0. The fraction of sp³-hybridized carbons (Fsp3) is 0.143. The molecule has 0 aliphatic carbocycles. The zero-order valence-electron chi connectivity index (χ0n) is 8.01. The Bertz CT molecular complexity index is 450. The third kappa shape index (κ3) is 2.73. The van der Waals surface area contributed by atoms with E-state index in [0.717, 1.165) is 11.8 Å². The number of hydrogen-bond acceptors (Lipinski definition) is 8. The molecule has 7 N–H and O–H groups in total. The smallest absolute Gasteiger partial charge is 0.373 e. The Balaban J connectivity index is 2.82. The molecule has 1 heterocycles. The van der Waals surface area contributed by atoms with Gasteiger partial charge in [-0.2, -0.15) is 4.98 Å². The van der Waals surface area contributed by atoms with Gasteiger partial charge in [0.15, 0.2) is 5.82 Å². The highest BCUT2D eigenvalue weighted by molar-refractivity contribution is 8.00. The Morgan fingerprint density at radius 1 is 1.25 bits per heavy atom. The van der Waals surface area contributed by atoms with Crippen LogP contribution in [0.5, 0.6) is 0 Å². The number of aromatic nitrogens is 2. The first-order valence-corrected chi connectivity index (χ1v) is 4.97. The number of carboxylic acids is 1. The van der Waals surface area contributed by atoms with Crippen molar-refractivity contribution in [2.75, 3.05) is 23.0 Å². The Morgan fingerprint density at radius 3 is 2.44 bits per heavy atom. The molecule has 1 rings (SSSR count). The van der Waals surface area contributed by atoms with E-state index in [4.69, 9.17) is 22.3 Å². The molecule has 0 fully saturated rings. The number of aliphatic carboxylic acids is 1. The molecule has 9 heteroatoms. The van der Waals surface area contributed by atoms with E-state index in [-0.39, 0.29) is 28.2 Å². The van der Waals surface area contributed by atoms with Crippen LogP contribution < -0.4 is 17.2 Å². The second-order valence-electron chi connectivity index (χ2n) is 2.70. The maximum Gasteiger partial charge on any atom is 0.373 e. The number of thioether (sulfide) groups is 1. The average molecular weight is 243 g/mol. The van der Waals surface area contributed by atoms with Gasteiger partial charge in [0.05, 0.1) is 5.75 Å². The van der Waals surface area contributed by atoms with E-state index < -0.39 is 11.8 Å². The third-order valence-electron chi connectivity index (χ3n) is 1.54. The van der Waals surface area contributed by atoms with Crippen LogP contribution in [0.1, 0.15) is 0 Å². The molecule has 8 nitrogen and oxygen atoms in total. The van der Waals surface area contributed by atoms with Crippen LogP contribution in [0.3, 0.4) is 0 Å². The van der Waals surface area contributed by atoms with Gasteiger partial charge in [0.2, 0.25) is 11.7 Å². The first-order valence-electron chi connectivity index (χ1n) is 3.99. The molecule has 0 saturated carbocycles. The topological polar surface area (TPSA) is 158 Å². The van der Waals surface area contributed by atoms with Gasteiger partial charge in [-0.05, 0) is 0 Å². The number of hydrogen-bond donors (Lipinski definition) is 4. The predicted octanol–water partition coefficient (Wildman–Crippen LogP) is -1.03. The lowest BCUT2D eigenvalue weighted by atomic mass is 10.5. The third-order valence-corrected chi connectivity index (χ3v) is 2.53. The van der Waals surface area contributed by atoms with Crippen molar-refractivity contribution in [3.63, 3.8) is 0 Å². The van der Waals surface area contributed by atoms with Gasteiger partial charge in [-0.3, -0.25) is 4.79 Å². The van der Waals surface area contributed by atoms with E-state index in [0.29, 0.717) is 0 Å². The van der Waals surface area contributed by atoms with Crippen molar-refractivity contribution >= 4 is 41.0 Å². The molecule has 1 aromatic rings. The van der Waals surface area contributed by atoms with E-state index in [1.807, 2.05) is 0 Å². The van der Waals surface area contributed by atoms with Crippen LogP contribution >= 0.6 is 11.8 Å². The number of rotatable bonds is 4. The molecule has 0 unspecified atom stereocenters. The molecule has 0 atom stereocenters. The summed E-state index contributed by atoms with van der Waals surface area (Å²) in [5.41, 5.74) is 16.3. The lowest BCUT2D eigenvalue weighted by Gasteiger charge is -2.05. The molecule has 0 aromatic carbocycles. The highest BCUT2D eigenvalue weighted by Crippen LogP contribution is 2.26. The summed E-state index contributed by atoms with van der Waals surface area (Å²) in [7, 11) is 0. The van der Waals surface area contributed by atoms with Gasteiger partial charge in [-0.1, -0.05) is 11.8 Å². The molecule has 0 radical (unpaired) electrons. The monoisotopic (exact) mass is 243 g/mol. The van der Waals surface area contributed by atoms with Crippen molar-refractivity contribution in [3.8, 4) is 0 Å². The Morgan fingerprint density at radius 2 is 1.88 bits per heavy atom. The van der Waals surface area contributed by atoms with Gasteiger partial charge < -0.3 is 22.3 Å². The van der Waals surface area contributed by atoms with Crippen molar-refractivity contribution in [1.29, 1.82) is 0 Å². The van der Waals surface area contributed by atoms with E-state index in [1.54, 1.807) is 0 Å². The first kappa shape index (κ1) is 12.0. The van der Waals surface area contributed by atoms with Gasteiger partial charge in [0.25, 0.3) is 0 Å². The fourth-order valence-electron chi connectivity index (χ4n) is 0.788. The van der Waals surface area contributed by atoms with Crippen molar-refractivity contribution in [2.45, 2.75) is 5.03 Å². The molecular formula is C7H9N5O3S. The zero-order chi connectivity index (χ0) is 12.3. The van der Waals surface area contributed by atoms with E-state index in [1.165, 1.54) is 0 Å².